The van der Waals surface area contributed by atoms with Crippen LogP contribution in [0, 0.1) is 0 Å². The summed E-state index contributed by atoms with van der Waals surface area (Å²) in [4.78, 5) is 0.242. The molecule has 2 aromatic carbocycles. The third-order valence-corrected chi connectivity index (χ3v) is 7.69. The second-order valence-electron chi connectivity index (χ2n) is 6.64. The van der Waals surface area contributed by atoms with Crippen molar-refractivity contribution < 1.29 is 8.42 Å². The lowest BCUT2D eigenvalue weighted by atomic mass is 9.90. The van der Waals surface area contributed by atoms with E-state index in [0.717, 1.165) is 29.4 Å². The Bertz CT molecular complexity index is 844. The van der Waals surface area contributed by atoms with Crippen molar-refractivity contribution in [1.29, 1.82) is 0 Å². The van der Waals surface area contributed by atoms with Crippen LogP contribution in [0.5, 0.6) is 0 Å². The lowest BCUT2D eigenvalue weighted by molar-refractivity contribution is 0.348. The average molecular weight is 518 g/mol. The fourth-order valence-electron chi connectivity index (χ4n) is 2.92. The monoisotopic (exact) mass is 516 g/mol. The highest BCUT2D eigenvalue weighted by Crippen LogP contribution is 2.29. The van der Waals surface area contributed by atoms with E-state index < -0.39 is 15.6 Å². The molecular formula is C20H26Br2N2O2S. The molecule has 0 saturated heterocycles. The number of sulfonamides is 1. The van der Waals surface area contributed by atoms with E-state index in [1.807, 2.05) is 43.3 Å². The van der Waals surface area contributed by atoms with Gasteiger partial charge < -0.3 is 5.32 Å². The van der Waals surface area contributed by atoms with Crippen molar-refractivity contribution in [3.05, 3.63) is 57.5 Å². The maximum atomic E-state index is 13.2. The molecule has 0 aromatic heterocycles. The predicted molar refractivity (Wildman–Crippen MR) is 120 cm³/mol. The van der Waals surface area contributed by atoms with Gasteiger partial charge in [-0.05, 0) is 59.1 Å². The van der Waals surface area contributed by atoms with Crippen LogP contribution in [0.3, 0.4) is 0 Å². The van der Waals surface area contributed by atoms with Crippen LogP contribution in [-0.4, -0.2) is 20.5 Å². The molecule has 0 aliphatic heterocycles. The van der Waals surface area contributed by atoms with Gasteiger partial charge in [-0.2, -0.15) is 0 Å². The van der Waals surface area contributed by atoms with Crippen molar-refractivity contribution in [3.63, 3.8) is 0 Å². The largest absolute Gasteiger partial charge is 0.383 e. The molecule has 2 N–H and O–H groups in total. The summed E-state index contributed by atoms with van der Waals surface area (Å²) in [5, 5.41) is 3.40. The Morgan fingerprint density at radius 1 is 1.04 bits per heavy atom. The van der Waals surface area contributed by atoms with Gasteiger partial charge in [-0.1, -0.05) is 60.8 Å². The Morgan fingerprint density at radius 2 is 1.74 bits per heavy atom. The molecule has 4 nitrogen and oxygen atoms in total. The molecule has 0 heterocycles. The number of halogens is 2. The molecule has 1 atom stereocenters. The fraction of sp³-hybridized carbons (Fsp3) is 0.400. The first kappa shape index (κ1) is 22.4. The number of hydrogen-bond donors (Lipinski definition) is 2. The second-order valence-corrected chi connectivity index (χ2v) is 10.1. The number of unbranched alkanes of at least 4 members (excludes halogenated alkanes) is 1. The highest BCUT2D eigenvalue weighted by Gasteiger charge is 2.34. The standard InChI is InChI=1S/C20H26Br2N2O2S/c1-3-5-13-20(4-2,15-23-17-9-7-6-8-10-17)24-27(25,26)19-14-16(21)11-12-18(19)22/h6-12,14,23-24H,3-5,13,15H2,1-2H3. The molecule has 0 fully saturated rings. The molecule has 7 heteroatoms. The third-order valence-electron chi connectivity index (χ3n) is 4.62. The van der Waals surface area contributed by atoms with Gasteiger partial charge in [0.25, 0.3) is 0 Å². The molecule has 0 aliphatic rings. The molecule has 2 aromatic rings. The average Bonchev–Trinajstić information content (AvgIpc) is 2.66. The van der Waals surface area contributed by atoms with E-state index >= 15 is 0 Å². The normalized spacial score (nSPS) is 13.9. The molecule has 27 heavy (non-hydrogen) atoms. The van der Waals surface area contributed by atoms with Gasteiger partial charge in [0.15, 0.2) is 0 Å². The van der Waals surface area contributed by atoms with Crippen LogP contribution in [0.4, 0.5) is 5.69 Å². The molecule has 0 aliphatic carbocycles. The molecular weight excluding hydrogens is 492 g/mol. The summed E-state index contributed by atoms with van der Waals surface area (Å²) >= 11 is 6.73. The van der Waals surface area contributed by atoms with Crippen LogP contribution in [-0.2, 0) is 10.0 Å². The quantitative estimate of drug-likeness (QED) is 0.410. The van der Waals surface area contributed by atoms with Gasteiger partial charge in [0.2, 0.25) is 10.0 Å². The SMILES string of the molecule is CCCCC(CC)(CNc1ccccc1)NS(=O)(=O)c1cc(Br)ccc1Br. The summed E-state index contributed by atoms with van der Waals surface area (Å²) in [5.74, 6) is 0. The topological polar surface area (TPSA) is 58.2 Å². The van der Waals surface area contributed by atoms with Gasteiger partial charge >= 0.3 is 0 Å². The van der Waals surface area contributed by atoms with Crippen molar-refractivity contribution in [2.75, 3.05) is 11.9 Å². The lowest BCUT2D eigenvalue weighted by Crippen LogP contribution is -2.52. The molecule has 0 amide bonds. The summed E-state index contributed by atoms with van der Waals surface area (Å²) in [6.07, 6.45) is 3.42. The molecule has 2 rings (SSSR count). The van der Waals surface area contributed by atoms with Crippen LogP contribution < -0.4 is 10.0 Å². The van der Waals surface area contributed by atoms with Crippen LogP contribution >= 0.6 is 31.9 Å². The smallest absolute Gasteiger partial charge is 0.242 e. The van der Waals surface area contributed by atoms with Crippen LogP contribution in [0.2, 0.25) is 0 Å². The molecule has 0 spiro atoms. The summed E-state index contributed by atoms with van der Waals surface area (Å²) in [6, 6.07) is 15.0. The summed E-state index contributed by atoms with van der Waals surface area (Å²) in [5.41, 5.74) is 0.418. The van der Waals surface area contributed by atoms with Crippen molar-refractivity contribution in [2.24, 2.45) is 0 Å². The fourth-order valence-corrected chi connectivity index (χ4v) is 5.92. The number of para-hydroxylation sites is 1. The number of hydrogen-bond acceptors (Lipinski definition) is 3. The van der Waals surface area contributed by atoms with Gasteiger partial charge in [0.1, 0.15) is 0 Å². The predicted octanol–water partition coefficient (Wildman–Crippen LogP) is 5.94. The van der Waals surface area contributed by atoms with Gasteiger partial charge in [-0.3, -0.25) is 0 Å². The highest BCUT2D eigenvalue weighted by molar-refractivity contribution is 9.11. The van der Waals surface area contributed by atoms with Gasteiger partial charge in [-0.25, -0.2) is 13.1 Å². The van der Waals surface area contributed by atoms with E-state index in [2.05, 4.69) is 48.8 Å². The van der Waals surface area contributed by atoms with E-state index in [-0.39, 0.29) is 4.90 Å². The van der Waals surface area contributed by atoms with Crippen molar-refractivity contribution in [2.45, 2.75) is 50.0 Å². The number of rotatable bonds is 10. The number of anilines is 1. The molecule has 0 radical (unpaired) electrons. The van der Waals surface area contributed by atoms with E-state index in [4.69, 9.17) is 0 Å². The van der Waals surface area contributed by atoms with Crippen LogP contribution in [0.15, 0.2) is 62.4 Å². The highest BCUT2D eigenvalue weighted by atomic mass is 79.9. The minimum atomic E-state index is -3.68. The number of nitrogens with one attached hydrogen (secondary N) is 2. The Labute approximate surface area is 179 Å². The van der Waals surface area contributed by atoms with E-state index in [9.17, 15) is 8.42 Å². The molecule has 0 saturated carbocycles. The first-order valence-electron chi connectivity index (χ1n) is 9.10. The Morgan fingerprint density at radius 3 is 2.37 bits per heavy atom. The number of benzene rings is 2. The van der Waals surface area contributed by atoms with E-state index in [0.29, 0.717) is 17.4 Å². The van der Waals surface area contributed by atoms with Gasteiger partial charge in [0.05, 0.1) is 10.4 Å². The Kier molecular flexibility index (Phi) is 8.34. The zero-order chi connectivity index (χ0) is 19.9. The first-order chi connectivity index (χ1) is 12.8. The van der Waals surface area contributed by atoms with Crippen LogP contribution in [0.25, 0.3) is 0 Å². The molecule has 0 bridgehead atoms. The van der Waals surface area contributed by atoms with Crippen molar-refractivity contribution in [3.8, 4) is 0 Å². The van der Waals surface area contributed by atoms with Gasteiger partial charge in [0, 0.05) is 21.2 Å². The molecule has 148 valence electrons. The summed E-state index contributed by atoms with van der Waals surface area (Å²) < 4.78 is 30.6. The second kappa shape index (κ2) is 10.0. The maximum absolute atomic E-state index is 13.2. The maximum Gasteiger partial charge on any atom is 0.242 e. The Hall–Kier alpha value is -0.890. The zero-order valence-corrected chi connectivity index (χ0v) is 19.6. The Balaban J connectivity index is 2.30. The molecule has 1 unspecified atom stereocenters. The first-order valence-corrected chi connectivity index (χ1v) is 12.2. The zero-order valence-electron chi connectivity index (χ0n) is 15.6. The van der Waals surface area contributed by atoms with Crippen molar-refractivity contribution in [1.82, 2.24) is 4.72 Å². The van der Waals surface area contributed by atoms with Gasteiger partial charge in [-0.15, -0.1) is 0 Å². The van der Waals surface area contributed by atoms with Crippen molar-refractivity contribution >= 4 is 47.6 Å². The van der Waals surface area contributed by atoms with E-state index in [1.165, 1.54) is 0 Å². The third kappa shape index (κ3) is 6.31. The summed E-state index contributed by atoms with van der Waals surface area (Å²) in [6.45, 7) is 4.67. The minimum Gasteiger partial charge on any atom is -0.383 e. The van der Waals surface area contributed by atoms with Crippen LogP contribution in [0.1, 0.15) is 39.5 Å². The lowest BCUT2D eigenvalue weighted by Gasteiger charge is -2.34. The summed E-state index contributed by atoms with van der Waals surface area (Å²) in [7, 11) is -3.68. The van der Waals surface area contributed by atoms with E-state index in [1.54, 1.807) is 12.1 Å². The minimum absolute atomic E-state index is 0.242.